The first-order valence-electron chi connectivity index (χ1n) is 6.77. The normalized spacial score (nSPS) is 22.5. The first-order chi connectivity index (χ1) is 9.07. The summed E-state index contributed by atoms with van der Waals surface area (Å²) in [5.41, 5.74) is 7.68. The van der Waals surface area contributed by atoms with Crippen molar-refractivity contribution < 1.29 is 9.53 Å². The molecule has 1 aliphatic heterocycles. The van der Waals surface area contributed by atoms with Gasteiger partial charge in [-0.15, -0.1) is 0 Å². The number of rotatable bonds is 4. The van der Waals surface area contributed by atoms with E-state index in [1.165, 1.54) is 11.1 Å². The van der Waals surface area contributed by atoms with Gasteiger partial charge in [0.15, 0.2) is 0 Å². The van der Waals surface area contributed by atoms with E-state index < -0.39 is 5.54 Å². The van der Waals surface area contributed by atoms with Crippen molar-refractivity contribution in [2.24, 2.45) is 5.73 Å². The van der Waals surface area contributed by atoms with Crippen LogP contribution in [0, 0.1) is 6.92 Å². The molecule has 1 unspecified atom stereocenters. The summed E-state index contributed by atoms with van der Waals surface area (Å²) in [5.74, 6) is -0.00393. The van der Waals surface area contributed by atoms with Gasteiger partial charge in [0.25, 0.3) is 0 Å². The smallest absolute Gasteiger partial charge is 0.245 e. The van der Waals surface area contributed by atoms with Gasteiger partial charge in [0.1, 0.15) is 5.54 Å². The van der Waals surface area contributed by atoms with Crippen molar-refractivity contribution in [2.75, 3.05) is 19.8 Å². The topological polar surface area (TPSA) is 55.6 Å². The van der Waals surface area contributed by atoms with E-state index in [4.69, 9.17) is 10.5 Å². The second-order valence-electron chi connectivity index (χ2n) is 5.20. The number of carbonyl (C=O) groups is 1. The predicted octanol–water partition coefficient (Wildman–Crippen LogP) is 1.46. The number of ether oxygens (including phenoxy) is 1. The highest BCUT2D eigenvalue weighted by Crippen LogP contribution is 2.20. The number of amides is 1. The van der Waals surface area contributed by atoms with Gasteiger partial charge in [-0.2, -0.15) is 0 Å². The van der Waals surface area contributed by atoms with Crippen molar-refractivity contribution in [3.8, 4) is 0 Å². The summed E-state index contributed by atoms with van der Waals surface area (Å²) in [6, 6.07) is 8.12. The van der Waals surface area contributed by atoms with Gasteiger partial charge in [0.05, 0.1) is 6.61 Å². The van der Waals surface area contributed by atoms with Gasteiger partial charge in [-0.3, -0.25) is 4.79 Å². The van der Waals surface area contributed by atoms with Gasteiger partial charge < -0.3 is 15.4 Å². The molecule has 0 spiro atoms. The highest BCUT2D eigenvalue weighted by atomic mass is 16.5. The SMILES string of the molecule is CCN(Cc1ccccc1C)C(=O)C1(N)CCOC1. The maximum atomic E-state index is 12.5. The molecular weight excluding hydrogens is 240 g/mol. The van der Waals surface area contributed by atoms with E-state index in [1.54, 1.807) is 0 Å². The molecule has 1 atom stereocenters. The zero-order valence-electron chi connectivity index (χ0n) is 11.7. The molecule has 1 aromatic rings. The molecule has 1 aromatic carbocycles. The van der Waals surface area contributed by atoms with Gasteiger partial charge in [-0.25, -0.2) is 0 Å². The van der Waals surface area contributed by atoms with Crippen molar-refractivity contribution in [1.29, 1.82) is 0 Å². The number of hydrogen-bond acceptors (Lipinski definition) is 3. The van der Waals surface area contributed by atoms with Crippen molar-refractivity contribution in [3.05, 3.63) is 35.4 Å². The van der Waals surface area contributed by atoms with Crippen LogP contribution in [-0.2, 0) is 16.1 Å². The van der Waals surface area contributed by atoms with Crippen LogP contribution in [0.25, 0.3) is 0 Å². The van der Waals surface area contributed by atoms with E-state index in [1.807, 2.05) is 24.0 Å². The van der Waals surface area contributed by atoms with Crippen LogP contribution < -0.4 is 5.73 Å². The molecule has 104 valence electrons. The molecule has 2 N–H and O–H groups in total. The minimum Gasteiger partial charge on any atom is -0.379 e. The van der Waals surface area contributed by atoms with E-state index in [-0.39, 0.29) is 5.91 Å². The lowest BCUT2D eigenvalue weighted by Crippen LogP contribution is -2.55. The Morgan fingerprint density at radius 1 is 1.47 bits per heavy atom. The standard InChI is InChI=1S/C15H22N2O2/c1-3-17(10-13-7-5-4-6-12(13)2)14(18)15(16)8-9-19-11-15/h4-7H,3,8-11,16H2,1-2H3. The highest BCUT2D eigenvalue weighted by molar-refractivity contribution is 5.86. The first-order valence-corrected chi connectivity index (χ1v) is 6.77. The Labute approximate surface area is 114 Å². The fraction of sp³-hybridized carbons (Fsp3) is 0.533. The summed E-state index contributed by atoms with van der Waals surface area (Å²) in [7, 11) is 0. The second-order valence-corrected chi connectivity index (χ2v) is 5.20. The Morgan fingerprint density at radius 3 is 2.79 bits per heavy atom. The average Bonchev–Trinajstić information content (AvgIpc) is 2.85. The second kappa shape index (κ2) is 5.72. The number of hydrogen-bond donors (Lipinski definition) is 1. The molecular formula is C15H22N2O2. The van der Waals surface area contributed by atoms with Gasteiger partial charge in [-0.1, -0.05) is 24.3 Å². The molecule has 0 bridgehead atoms. The molecule has 1 saturated heterocycles. The molecule has 2 rings (SSSR count). The summed E-state index contributed by atoms with van der Waals surface area (Å²) in [6.45, 7) is 6.22. The largest absolute Gasteiger partial charge is 0.379 e. The monoisotopic (exact) mass is 262 g/mol. The number of aryl methyl sites for hydroxylation is 1. The highest BCUT2D eigenvalue weighted by Gasteiger charge is 2.40. The fourth-order valence-corrected chi connectivity index (χ4v) is 2.38. The number of nitrogens with zero attached hydrogens (tertiary/aromatic N) is 1. The van der Waals surface area contributed by atoms with Crippen LogP contribution in [0.3, 0.4) is 0 Å². The molecule has 1 amide bonds. The zero-order chi connectivity index (χ0) is 13.9. The van der Waals surface area contributed by atoms with Gasteiger partial charge in [0, 0.05) is 19.7 Å². The molecule has 19 heavy (non-hydrogen) atoms. The summed E-state index contributed by atoms with van der Waals surface area (Å²) < 4.78 is 5.28. The minimum absolute atomic E-state index is 0.00393. The molecule has 4 nitrogen and oxygen atoms in total. The van der Waals surface area contributed by atoms with Crippen LogP contribution in [0.4, 0.5) is 0 Å². The van der Waals surface area contributed by atoms with Gasteiger partial charge >= 0.3 is 0 Å². The summed E-state index contributed by atoms with van der Waals surface area (Å²) in [6.07, 6.45) is 0.607. The van der Waals surface area contributed by atoms with E-state index in [2.05, 4.69) is 19.1 Å². The third-order valence-electron chi connectivity index (χ3n) is 3.77. The fourth-order valence-electron chi connectivity index (χ4n) is 2.38. The third kappa shape index (κ3) is 2.96. The maximum absolute atomic E-state index is 12.5. The van der Waals surface area contributed by atoms with Crippen LogP contribution in [0.15, 0.2) is 24.3 Å². The van der Waals surface area contributed by atoms with Crippen LogP contribution in [-0.4, -0.2) is 36.1 Å². The summed E-state index contributed by atoms with van der Waals surface area (Å²) in [5, 5.41) is 0. The Bertz CT molecular complexity index is 453. The van der Waals surface area contributed by atoms with E-state index in [0.29, 0.717) is 32.7 Å². The van der Waals surface area contributed by atoms with Crippen molar-refractivity contribution in [3.63, 3.8) is 0 Å². The van der Waals surface area contributed by atoms with E-state index in [9.17, 15) is 4.79 Å². The van der Waals surface area contributed by atoms with Crippen molar-refractivity contribution >= 4 is 5.91 Å². The Kier molecular flexibility index (Phi) is 4.22. The maximum Gasteiger partial charge on any atom is 0.245 e. The molecule has 1 aliphatic rings. The summed E-state index contributed by atoms with van der Waals surface area (Å²) >= 11 is 0. The van der Waals surface area contributed by atoms with Crippen LogP contribution in [0.2, 0.25) is 0 Å². The molecule has 0 aliphatic carbocycles. The minimum atomic E-state index is -0.835. The Hall–Kier alpha value is -1.39. The number of benzene rings is 1. The Balaban J connectivity index is 2.12. The van der Waals surface area contributed by atoms with Crippen molar-refractivity contribution in [1.82, 2.24) is 4.90 Å². The number of nitrogens with two attached hydrogens (primary N) is 1. The predicted molar refractivity (Wildman–Crippen MR) is 74.6 cm³/mol. The van der Waals surface area contributed by atoms with Crippen LogP contribution in [0.1, 0.15) is 24.5 Å². The molecule has 0 radical (unpaired) electrons. The third-order valence-corrected chi connectivity index (χ3v) is 3.77. The van der Waals surface area contributed by atoms with E-state index >= 15 is 0 Å². The lowest BCUT2D eigenvalue weighted by molar-refractivity contribution is -0.137. The molecule has 4 heteroatoms. The van der Waals surface area contributed by atoms with Gasteiger partial charge in [-0.05, 0) is 31.4 Å². The molecule has 0 aromatic heterocycles. The lowest BCUT2D eigenvalue weighted by atomic mass is 9.97. The average molecular weight is 262 g/mol. The quantitative estimate of drug-likeness (QED) is 0.893. The van der Waals surface area contributed by atoms with Crippen molar-refractivity contribution in [2.45, 2.75) is 32.4 Å². The van der Waals surface area contributed by atoms with E-state index in [0.717, 1.165) is 0 Å². The molecule has 1 fully saturated rings. The molecule has 0 saturated carbocycles. The first kappa shape index (κ1) is 14.0. The number of likely N-dealkylation sites (N-methyl/N-ethyl adjacent to an activating group) is 1. The van der Waals surface area contributed by atoms with Gasteiger partial charge in [0.2, 0.25) is 5.91 Å². The van der Waals surface area contributed by atoms with Crippen LogP contribution in [0.5, 0.6) is 0 Å². The summed E-state index contributed by atoms with van der Waals surface area (Å²) in [4.78, 5) is 14.4. The zero-order valence-corrected chi connectivity index (χ0v) is 11.7. The molecule has 1 heterocycles. The number of carbonyl (C=O) groups excluding carboxylic acids is 1. The lowest BCUT2D eigenvalue weighted by Gasteiger charge is -2.30. The Morgan fingerprint density at radius 2 is 2.21 bits per heavy atom. The van der Waals surface area contributed by atoms with Crippen LogP contribution >= 0.6 is 0 Å².